The van der Waals surface area contributed by atoms with E-state index in [1.54, 1.807) is 7.11 Å². The molecule has 0 aliphatic carbocycles. The van der Waals surface area contributed by atoms with Gasteiger partial charge in [0.05, 0.1) is 12.6 Å². The van der Waals surface area contributed by atoms with Gasteiger partial charge in [0.1, 0.15) is 5.75 Å². The van der Waals surface area contributed by atoms with Gasteiger partial charge in [-0.15, -0.1) is 6.58 Å². The third-order valence-electron chi connectivity index (χ3n) is 5.91. The van der Waals surface area contributed by atoms with Crippen molar-refractivity contribution in [3.63, 3.8) is 0 Å². The number of ether oxygens (including phenoxy) is 1. The number of aromatic nitrogens is 1. The van der Waals surface area contributed by atoms with Crippen LogP contribution in [0, 0.1) is 11.8 Å². The molecule has 5 rings (SSSR count). The molecule has 3 aliphatic rings. The molecule has 0 saturated carbocycles. The monoisotopic (exact) mass is 323 g/mol. The molecule has 2 N–H and O–H groups in total. The van der Waals surface area contributed by atoms with Crippen molar-refractivity contribution < 1.29 is 4.74 Å². The molecular weight excluding hydrogens is 298 g/mol. The minimum Gasteiger partial charge on any atom is -0.497 e. The van der Waals surface area contributed by atoms with Crippen LogP contribution >= 0.6 is 0 Å². The number of nitrogens with zero attached hydrogens (tertiary/aromatic N) is 2. The summed E-state index contributed by atoms with van der Waals surface area (Å²) >= 11 is 0. The molecule has 5 atom stereocenters. The summed E-state index contributed by atoms with van der Waals surface area (Å²) in [4.78, 5) is 7.04. The molecule has 2 bridgehead atoms. The van der Waals surface area contributed by atoms with Gasteiger partial charge in [0.25, 0.3) is 0 Å². The first-order valence-electron chi connectivity index (χ1n) is 8.76. The Morgan fingerprint density at radius 2 is 2.29 bits per heavy atom. The zero-order chi connectivity index (χ0) is 16.7. The average molecular weight is 323 g/mol. The third kappa shape index (κ3) is 2.50. The van der Waals surface area contributed by atoms with E-state index in [1.165, 1.54) is 12.0 Å². The summed E-state index contributed by atoms with van der Waals surface area (Å²) in [5.41, 5.74) is 8.91. The van der Waals surface area contributed by atoms with Crippen LogP contribution in [0.5, 0.6) is 5.75 Å². The van der Waals surface area contributed by atoms with Crippen molar-refractivity contribution in [2.45, 2.75) is 24.9 Å². The van der Waals surface area contributed by atoms with Crippen molar-refractivity contribution in [1.29, 1.82) is 0 Å². The molecule has 126 valence electrons. The third-order valence-corrected chi connectivity index (χ3v) is 5.91. The number of methoxy groups -OCH3 is 1. The van der Waals surface area contributed by atoms with E-state index < -0.39 is 0 Å². The minimum absolute atomic E-state index is 0.00354. The molecule has 2 aromatic rings. The van der Waals surface area contributed by atoms with E-state index in [4.69, 9.17) is 10.5 Å². The van der Waals surface area contributed by atoms with Crippen molar-refractivity contribution in [3.8, 4) is 5.75 Å². The fourth-order valence-corrected chi connectivity index (χ4v) is 4.52. The molecular formula is C20H25N3O. The Morgan fingerprint density at radius 1 is 1.42 bits per heavy atom. The van der Waals surface area contributed by atoms with Crippen LogP contribution in [0.3, 0.4) is 0 Å². The predicted molar refractivity (Wildman–Crippen MR) is 97.0 cm³/mol. The molecule has 0 spiro atoms. The van der Waals surface area contributed by atoms with Crippen molar-refractivity contribution >= 4 is 10.9 Å². The smallest absolute Gasteiger partial charge is 0.119 e. The van der Waals surface area contributed by atoms with Crippen LogP contribution in [0.4, 0.5) is 0 Å². The van der Waals surface area contributed by atoms with Crippen molar-refractivity contribution in [3.05, 3.63) is 48.7 Å². The number of pyridine rings is 1. The van der Waals surface area contributed by atoms with Crippen LogP contribution in [-0.2, 0) is 0 Å². The summed E-state index contributed by atoms with van der Waals surface area (Å²) < 4.78 is 5.39. The number of fused-ring (bicyclic) bond motifs is 4. The highest BCUT2D eigenvalue weighted by Gasteiger charge is 2.41. The fourth-order valence-electron chi connectivity index (χ4n) is 4.52. The van der Waals surface area contributed by atoms with Crippen molar-refractivity contribution in [2.75, 3.05) is 20.2 Å². The Labute approximate surface area is 143 Å². The van der Waals surface area contributed by atoms with E-state index in [-0.39, 0.29) is 6.04 Å². The molecule has 4 heteroatoms. The van der Waals surface area contributed by atoms with Crippen LogP contribution in [-0.4, -0.2) is 36.1 Å². The Bertz CT molecular complexity index is 760. The Morgan fingerprint density at radius 3 is 3.00 bits per heavy atom. The summed E-state index contributed by atoms with van der Waals surface area (Å²) in [5.74, 6) is 2.20. The van der Waals surface area contributed by atoms with Gasteiger partial charge in [-0.25, -0.2) is 0 Å². The molecule has 4 heterocycles. The SMILES string of the molecule is C=C[C@H]1C[N@@]2CCC1C[C@H]2[C@@H](N)c1ccnc2ccc(OC)cc12. The van der Waals surface area contributed by atoms with Crippen LogP contribution in [0.2, 0.25) is 0 Å². The Kier molecular flexibility index (Phi) is 4.02. The first-order chi connectivity index (χ1) is 11.7. The molecule has 3 aliphatic heterocycles. The Hall–Kier alpha value is -1.91. The van der Waals surface area contributed by atoms with Crippen LogP contribution < -0.4 is 10.5 Å². The normalized spacial score (nSPS) is 30.2. The number of nitrogens with two attached hydrogens (primary N) is 1. The second-order valence-electron chi connectivity index (χ2n) is 7.06. The lowest BCUT2D eigenvalue weighted by molar-refractivity contribution is 0.00749. The maximum absolute atomic E-state index is 6.76. The van der Waals surface area contributed by atoms with Gasteiger partial charge in [-0.3, -0.25) is 9.88 Å². The molecule has 1 aromatic heterocycles. The van der Waals surface area contributed by atoms with E-state index in [2.05, 4.69) is 34.7 Å². The average Bonchev–Trinajstić information content (AvgIpc) is 2.66. The minimum atomic E-state index is -0.00354. The quantitative estimate of drug-likeness (QED) is 0.878. The Balaban J connectivity index is 1.69. The lowest BCUT2D eigenvalue weighted by Gasteiger charge is -2.51. The predicted octanol–water partition coefficient (Wildman–Crippen LogP) is 3.14. The molecule has 24 heavy (non-hydrogen) atoms. The summed E-state index contributed by atoms with van der Waals surface area (Å²) in [5, 5.41) is 1.10. The van der Waals surface area contributed by atoms with E-state index >= 15 is 0 Å². The van der Waals surface area contributed by atoms with Crippen molar-refractivity contribution in [1.82, 2.24) is 9.88 Å². The largest absolute Gasteiger partial charge is 0.497 e. The van der Waals surface area contributed by atoms with Crippen LogP contribution in [0.25, 0.3) is 10.9 Å². The van der Waals surface area contributed by atoms with Gasteiger partial charge in [0, 0.05) is 30.2 Å². The van der Waals surface area contributed by atoms with Gasteiger partial charge >= 0.3 is 0 Å². The lowest BCUT2D eigenvalue weighted by Crippen LogP contribution is -2.56. The first kappa shape index (κ1) is 15.6. The highest BCUT2D eigenvalue weighted by Crippen LogP contribution is 2.41. The number of hydrogen-bond acceptors (Lipinski definition) is 4. The molecule has 4 nitrogen and oxygen atoms in total. The number of hydrogen-bond donors (Lipinski definition) is 1. The zero-order valence-corrected chi connectivity index (χ0v) is 14.2. The highest BCUT2D eigenvalue weighted by molar-refractivity contribution is 5.84. The van der Waals surface area contributed by atoms with Gasteiger partial charge in [0.2, 0.25) is 0 Å². The maximum Gasteiger partial charge on any atom is 0.119 e. The maximum atomic E-state index is 6.76. The summed E-state index contributed by atoms with van der Waals surface area (Å²) in [6, 6.07) is 8.48. The van der Waals surface area contributed by atoms with E-state index in [1.807, 2.05) is 18.3 Å². The number of benzene rings is 1. The van der Waals surface area contributed by atoms with Crippen LogP contribution in [0.1, 0.15) is 24.4 Å². The highest BCUT2D eigenvalue weighted by atomic mass is 16.5. The zero-order valence-electron chi connectivity index (χ0n) is 14.2. The molecule has 0 radical (unpaired) electrons. The summed E-state index contributed by atoms with van der Waals surface area (Å²) in [6.07, 6.45) is 6.43. The molecule has 1 aromatic carbocycles. The van der Waals surface area contributed by atoms with E-state index in [0.29, 0.717) is 12.0 Å². The molecule has 3 fully saturated rings. The molecule has 0 amide bonds. The van der Waals surface area contributed by atoms with Gasteiger partial charge < -0.3 is 10.5 Å². The number of piperidine rings is 3. The van der Waals surface area contributed by atoms with Gasteiger partial charge in [-0.2, -0.15) is 0 Å². The molecule has 3 saturated heterocycles. The van der Waals surface area contributed by atoms with E-state index in [0.717, 1.165) is 42.1 Å². The second-order valence-corrected chi connectivity index (χ2v) is 7.06. The summed E-state index contributed by atoms with van der Waals surface area (Å²) in [7, 11) is 1.69. The second kappa shape index (κ2) is 6.19. The van der Waals surface area contributed by atoms with Crippen LogP contribution in [0.15, 0.2) is 43.1 Å². The number of rotatable bonds is 4. The first-order valence-corrected chi connectivity index (χ1v) is 8.76. The van der Waals surface area contributed by atoms with Crippen molar-refractivity contribution in [2.24, 2.45) is 17.6 Å². The van der Waals surface area contributed by atoms with E-state index in [9.17, 15) is 0 Å². The fraction of sp³-hybridized carbons (Fsp3) is 0.450. The lowest BCUT2D eigenvalue weighted by atomic mass is 9.73. The van der Waals surface area contributed by atoms with Gasteiger partial charge in [-0.05, 0) is 61.1 Å². The summed E-state index contributed by atoms with van der Waals surface area (Å²) in [6.45, 7) is 6.26. The topological polar surface area (TPSA) is 51.4 Å². The van der Waals surface area contributed by atoms with Gasteiger partial charge in [0.15, 0.2) is 0 Å². The standard InChI is InChI=1S/C20H25N3O/c1-3-13-12-23-9-7-14(13)10-19(23)20(21)16-6-8-22-18-5-4-15(24-2)11-17(16)18/h3-6,8,11,13-14,19-20H,1,7,9-10,12,21H2,2H3/t13-,14?,19-,20-/m0/s1. The molecule has 1 unspecified atom stereocenters. The van der Waals surface area contributed by atoms with Gasteiger partial charge in [-0.1, -0.05) is 6.08 Å².